The normalized spacial score (nSPS) is 16.9. The smallest absolute Gasteiger partial charge is 0.332 e. The van der Waals surface area contributed by atoms with Gasteiger partial charge in [0.15, 0.2) is 6.04 Å². The Labute approximate surface area is 154 Å². The van der Waals surface area contributed by atoms with E-state index in [0.29, 0.717) is 6.42 Å². The van der Waals surface area contributed by atoms with Crippen molar-refractivity contribution in [1.29, 1.82) is 0 Å². The predicted octanol–water partition coefficient (Wildman–Crippen LogP) is 2.49. The van der Waals surface area contributed by atoms with Crippen LogP contribution in [0.3, 0.4) is 0 Å². The van der Waals surface area contributed by atoms with E-state index >= 15 is 0 Å². The van der Waals surface area contributed by atoms with Crippen molar-refractivity contribution in [2.75, 3.05) is 0 Å². The van der Waals surface area contributed by atoms with Crippen molar-refractivity contribution in [1.82, 2.24) is 14.5 Å². The number of fused-ring (bicyclic) bond motifs is 2. The topological polar surface area (TPSA) is 75.4 Å². The highest BCUT2D eigenvalue weighted by Gasteiger charge is 2.43. The lowest BCUT2D eigenvalue weighted by atomic mass is 10.1. The molecule has 9 heteroatoms. The molecule has 0 aliphatic carbocycles. The minimum absolute atomic E-state index is 0.0150. The number of carboxylic acids is 1. The van der Waals surface area contributed by atoms with Crippen LogP contribution in [-0.4, -0.2) is 31.4 Å². The fourth-order valence-corrected chi connectivity index (χ4v) is 4.08. The van der Waals surface area contributed by atoms with E-state index in [2.05, 4.69) is 4.98 Å². The van der Waals surface area contributed by atoms with Crippen molar-refractivity contribution in [3.8, 4) is 0 Å². The molecule has 0 radical (unpaired) electrons. The number of hydrogen-bond donors (Lipinski definition) is 1. The third-order valence-corrected chi connectivity index (χ3v) is 5.46. The molecule has 3 heterocycles. The van der Waals surface area contributed by atoms with Crippen LogP contribution >= 0.6 is 22.6 Å². The zero-order valence-corrected chi connectivity index (χ0v) is 15.0. The van der Waals surface area contributed by atoms with Crippen molar-refractivity contribution in [3.63, 3.8) is 0 Å². The summed E-state index contributed by atoms with van der Waals surface area (Å²) in [4.78, 5) is 29.7. The molecule has 1 aromatic heterocycles. The second-order valence-electron chi connectivity index (χ2n) is 6.06. The van der Waals surface area contributed by atoms with Crippen molar-refractivity contribution < 1.29 is 23.5 Å². The maximum absolute atomic E-state index is 14.3. The van der Waals surface area contributed by atoms with Gasteiger partial charge in [-0.25, -0.2) is 18.6 Å². The molecular formula is C16H12F2IN3O3. The minimum atomic E-state index is -1.37. The maximum atomic E-state index is 14.3. The van der Waals surface area contributed by atoms with E-state index in [-0.39, 0.29) is 26.9 Å². The van der Waals surface area contributed by atoms with Crippen molar-refractivity contribution in [2.24, 2.45) is 0 Å². The number of amides is 1. The molecule has 25 heavy (non-hydrogen) atoms. The van der Waals surface area contributed by atoms with Gasteiger partial charge in [-0.15, -0.1) is 0 Å². The van der Waals surface area contributed by atoms with Gasteiger partial charge in [0.1, 0.15) is 11.6 Å². The number of hydrogen-bond acceptors (Lipinski definition) is 3. The van der Waals surface area contributed by atoms with Gasteiger partial charge in [0.05, 0.1) is 27.7 Å². The summed E-state index contributed by atoms with van der Waals surface area (Å²) in [6.45, 7) is 0.446. The Bertz CT molecular complexity index is 928. The van der Waals surface area contributed by atoms with Crippen LogP contribution in [-0.2, 0) is 24.3 Å². The molecule has 130 valence electrons. The lowest BCUT2D eigenvalue weighted by Gasteiger charge is -2.23. The van der Waals surface area contributed by atoms with Gasteiger partial charge in [0.2, 0.25) is 0 Å². The van der Waals surface area contributed by atoms with Gasteiger partial charge in [-0.3, -0.25) is 4.79 Å². The summed E-state index contributed by atoms with van der Waals surface area (Å²) >= 11 is 1.61. The van der Waals surface area contributed by atoms with Crippen LogP contribution in [0.15, 0.2) is 12.4 Å². The Balaban J connectivity index is 1.80. The lowest BCUT2D eigenvalue weighted by Crippen LogP contribution is -2.35. The molecule has 4 rings (SSSR count). The largest absolute Gasteiger partial charge is 0.479 e. The van der Waals surface area contributed by atoms with E-state index in [4.69, 9.17) is 0 Å². The molecule has 1 amide bonds. The zero-order chi connectivity index (χ0) is 17.9. The Morgan fingerprint density at radius 1 is 1.40 bits per heavy atom. The lowest BCUT2D eigenvalue weighted by molar-refractivity contribution is -0.142. The molecule has 6 nitrogen and oxygen atoms in total. The van der Waals surface area contributed by atoms with Crippen molar-refractivity contribution in [2.45, 2.75) is 32.0 Å². The molecule has 0 bridgehead atoms. The minimum Gasteiger partial charge on any atom is -0.479 e. The highest BCUT2D eigenvalue weighted by atomic mass is 127. The quantitative estimate of drug-likeness (QED) is 0.566. The van der Waals surface area contributed by atoms with Crippen LogP contribution in [0.5, 0.6) is 0 Å². The highest BCUT2D eigenvalue weighted by molar-refractivity contribution is 14.1. The average molecular weight is 459 g/mol. The van der Waals surface area contributed by atoms with Gasteiger partial charge in [0.25, 0.3) is 5.91 Å². The molecule has 0 fully saturated rings. The first-order valence-corrected chi connectivity index (χ1v) is 8.72. The number of aliphatic carboxylic acids is 1. The molecule has 0 saturated carbocycles. The maximum Gasteiger partial charge on any atom is 0.332 e. The van der Waals surface area contributed by atoms with Crippen LogP contribution in [0.25, 0.3) is 0 Å². The number of carbonyl (C=O) groups excluding carboxylic acids is 1. The van der Waals surface area contributed by atoms with E-state index in [1.807, 2.05) is 4.57 Å². The van der Waals surface area contributed by atoms with Crippen LogP contribution in [0.2, 0.25) is 0 Å². The number of imidazole rings is 1. The van der Waals surface area contributed by atoms with Crippen LogP contribution in [0.1, 0.15) is 39.8 Å². The van der Waals surface area contributed by atoms with E-state index in [1.54, 1.807) is 28.9 Å². The third-order valence-electron chi connectivity index (χ3n) is 4.67. The molecule has 0 saturated heterocycles. The number of carboxylic acid groups (broad SMARTS) is 1. The zero-order valence-electron chi connectivity index (χ0n) is 12.8. The molecular weight excluding hydrogens is 447 g/mol. The predicted molar refractivity (Wildman–Crippen MR) is 89.9 cm³/mol. The Morgan fingerprint density at radius 3 is 2.88 bits per heavy atom. The van der Waals surface area contributed by atoms with Crippen LogP contribution in [0.4, 0.5) is 8.78 Å². The summed E-state index contributed by atoms with van der Waals surface area (Å²) in [5.74, 6) is -3.62. The van der Waals surface area contributed by atoms with E-state index < -0.39 is 29.6 Å². The van der Waals surface area contributed by atoms with Gasteiger partial charge in [-0.1, -0.05) is 0 Å². The van der Waals surface area contributed by atoms with E-state index in [9.17, 15) is 23.5 Å². The molecule has 0 spiro atoms. The van der Waals surface area contributed by atoms with E-state index in [1.165, 1.54) is 0 Å². The molecule has 1 unspecified atom stereocenters. The summed E-state index contributed by atoms with van der Waals surface area (Å²) in [7, 11) is 0. The Morgan fingerprint density at radius 2 is 2.16 bits per heavy atom. The Hall–Kier alpha value is -2.04. The molecule has 1 N–H and O–H groups in total. The Kier molecular flexibility index (Phi) is 3.78. The number of carbonyl (C=O) groups is 2. The molecule has 2 aliphatic rings. The summed E-state index contributed by atoms with van der Waals surface area (Å²) in [5, 5.41) is 9.69. The van der Waals surface area contributed by atoms with Crippen molar-refractivity contribution in [3.05, 3.63) is 50.1 Å². The number of rotatable bonds is 3. The van der Waals surface area contributed by atoms with Gasteiger partial charge >= 0.3 is 5.97 Å². The van der Waals surface area contributed by atoms with Gasteiger partial charge in [-0.05, 0) is 41.5 Å². The molecule has 2 aromatic rings. The fourth-order valence-electron chi connectivity index (χ4n) is 3.54. The summed E-state index contributed by atoms with van der Waals surface area (Å²) < 4.78 is 30.4. The summed E-state index contributed by atoms with van der Waals surface area (Å²) in [5.41, 5.74) is 0.532. The van der Waals surface area contributed by atoms with Crippen LogP contribution < -0.4 is 0 Å². The average Bonchev–Trinajstić information content (AvgIpc) is 3.22. The second kappa shape index (κ2) is 5.75. The molecule has 1 atom stereocenters. The first-order chi connectivity index (χ1) is 11.9. The number of nitrogens with zero attached hydrogens (tertiary/aromatic N) is 3. The standard InChI is InChI=1S/C16H12F2IN3O3/c17-8-4-9(19)12(18)11-7(8)5-22(15(11)23)14(16(24)25)13-10-2-1-3-21(10)6-20-13/h4,6,14H,1-3,5H2,(H,24,25). The van der Waals surface area contributed by atoms with Crippen LogP contribution in [0, 0.1) is 15.2 Å². The molecule has 2 aliphatic heterocycles. The third kappa shape index (κ3) is 2.35. The second-order valence-corrected chi connectivity index (χ2v) is 7.22. The monoisotopic (exact) mass is 459 g/mol. The number of aryl methyl sites for hydroxylation is 1. The van der Waals surface area contributed by atoms with Gasteiger partial charge in [0, 0.05) is 17.8 Å². The SMILES string of the molecule is O=C(O)C(c1ncn2c1CCC2)N1Cc2c(F)cc(I)c(F)c2C1=O. The van der Waals surface area contributed by atoms with E-state index in [0.717, 1.165) is 29.6 Å². The first kappa shape index (κ1) is 16.4. The first-order valence-electron chi connectivity index (χ1n) is 7.64. The van der Waals surface area contributed by atoms with Gasteiger partial charge < -0.3 is 14.6 Å². The fraction of sp³-hybridized carbons (Fsp3) is 0.312. The number of halogens is 3. The number of benzene rings is 1. The number of aromatic nitrogens is 2. The summed E-state index contributed by atoms with van der Waals surface area (Å²) in [6, 6.07) is -0.360. The molecule has 1 aromatic carbocycles. The summed E-state index contributed by atoms with van der Waals surface area (Å²) in [6.07, 6.45) is 3.08. The van der Waals surface area contributed by atoms with Gasteiger partial charge in [-0.2, -0.15) is 0 Å². The van der Waals surface area contributed by atoms with Crippen molar-refractivity contribution >= 4 is 34.5 Å². The highest BCUT2D eigenvalue weighted by Crippen LogP contribution is 2.37.